The minimum Gasteiger partial charge on any atom is -0.447 e. The molecule has 0 saturated carbocycles. The number of sulfonamides is 1. The van der Waals surface area contributed by atoms with Gasteiger partial charge in [0, 0.05) is 7.05 Å². The van der Waals surface area contributed by atoms with Crippen LogP contribution in [0.1, 0.15) is 11.6 Å². The van der Waals surface area contributed by atoms with Gasteiger partial charge in [-0.15, -0.1) is 0 Å². The summed E-state index contributed by atoms with van der Waals surface area (Å²) in [6, 6.07) is 3.03. The number of aromatic nitrogens is 3. The van der Waals surface area contributed by atoms with E-state index in [1.807, 2.05) is 0 Å². The molecule has 104 valence electrons. The van der Waals surface area contributed by atoms with Crippen molar-refractivity contribution in [3.8, 4) is 0 Å². The van der Waals surface area contributed by atoms with Crippen LogP contribution in [0.5, 0.6) is 0 Å². The fourth-order valence-corrected chi connectivity index (χ4v) is 2.13. The molecule has 19 heavy (non-hydrogen) atoms. The van der Waals surface area contributed by atoms with Crippen molar-refractivity contribution in [2.45, 2.75) is 18.2 Å². The molecular weight excluding hydrogens is 270 g/mol. The van der Waals surface area contributed by atoms with Crippen molar-refractivity contribution in [1.29, 1.82) is 0 Å². The number of furan rings is 1. The van der Waals surface area contributed by atoms with E-state index in [-0.39, 0.29) is 5.09 Å². The van der Waals surface area contributed by atoms with Crippen LogP contribution in [-0.4, -0.2) is 30.2 Å². The highest BCUT2D eigenvalue weighted by molar-refractivity contribution is 7.89. The van der Waals surface area contributed by atoms with E-state index in [1.54, 1.807) is 24.1 Å². The Morgan fingerprint density at radius 3 is 2.79 bits per heavy atom. The Morgan fingerprint density at radius 1 is 1.37 bits per heavy atom. The van der Waals surface area contributed by atoms with Crippen LogP contribution in [0, 0.1) is 0 Å². The van der Waals surface area contributed by atoms with E-state index in [0.29, 0.717) is 24.7 Å². The Morgan fingerprint density at radius 2 is 2.16 bits per heavy atom. The van der Waals surface area contributed by atoms with Crippen LogP contribution in [0.3, 0.4) is 0 Å². The molecule has 0 aliphatic rings. The van der Waals surface area contributed by atoms with Gasteiger partial charge < -0.3 is 9.73 Å². The first kappa shape index (κ1) is 13.7. The van der Waals surface area contributed by atoms with Gasteiger partial charge in [-0.05, 0) is 19.2 Å². The third-order valence-corrected chi connectivity index (χ3v) is 3.69. The fourth-order valence-electron chi connectivity index (χ4n) is 1.46. The van der Waals surface area contributed by atoms with Gasteiger partial charge in [0.05, 0.1) is 13.1 Å². The maximum absolute atomic E-state index is 11.5. The van der Waals surface area contributed by atoms with E-state index in [9.17, 15) is 8.42 Å². The molecule has 2 rings (SSSR count). The maximum atomic E-state index is 11.5. The minimum atomic E-state index is -3.52. The molecule has 2 N–H and O–H groups in total. The lowest BCUT2D eigenvalue weighted by atomic mass is 10.4. The first-order chi connectivity index (χ1) is 9.01. The molecule has 2 heterocycles. The Kier molecular flexibility index (Phi) is 3.98. The molecule has 0 radical (unpaired) electrons. The summed E-state index contributed by atoms with van der Waals surface area (Å²) in [6.07, 6.45) is 1.61. The van der Waals surface area contributed by atoms with Crippen molar-refractivity contribution in [3.05, 3.63) is 30.0 Å². The molecule has 9 heteroatoms. The van der Waals surface area contributed by atoms with E-state index < -0.39 is 10.0 Å². The van der Waals surface area contributed by atoms with Gasteiger partial charge in [0.15, 0.2) is 5.82 Å². The second-order valence-corrected chi connectivity index (χ2v) is 5.68. The molecule has 0 bridgehead atoms. The smallest absolute Gasteiger partial charge is 0.273 e. The molecule has 0 amide bonds. The highest BCUT2D eigenvalue weighted by atomic mass is 32.2. The molecule has 2 aromatic heterocycles. The predicted molar refractivity (Wildman–Crippen MR) is 66.5 cm³/mol. The number of rotatable bonds is 6. The molecule has 8 nitrogen and oxygen atoms in total. The first-order valence-electron chi connectivity index (χ1n) is 5.59. The molecule has 0 unspecified atom stereocenters. The summed E-state index contributed by atoms with van der Waals surface area (Å²) in [5, 5.41) is 7.08. The lowest BCUT2D eigenvalue weighted by Crippen LogP contribution is -2.18. The highest BCUT2D eigenvalue weighted by Crippen LogP contribution is 2.13. The summed E-state index contributed by atoms with van der Waals surface area (Å²) < 4.78 is 32.0. The molecule has 0 atom stereocenters. The average molecular weight is 285 g/mol. The number of hydrogen-bond donors (Lipinski definition) is 2. The van der Waals surface area contributed by atoms with Crippen LogP contribution in [0.15, 0.2) is 28.0 Å². The fraction of sp³-hybridized carbons (Fsp3) is 0.400. The molecule has 0 saturated heterocycles. The monoisotopic (exact) mass is 285 g/mol. The van der Waals surface area contributed by atoms with Gasteiger partial charge in [-0.25, -0.2) is 18.1 Å². The minimum absolute atomic E-state index is 0.0947. The number of aryl methyl sites for hydroxylation is 1. The zero-order chi connectivity index (χ0) is 13.9. The Hall–Kier alpha value is -1.71. The lowest BCUT2D eigenvalue weighted by molar-refractivity contribution is 0.399. The lowest BCUT2D eigenvalue weighted by Gasteiger charge is -1.99. The van der Waals surface area contributed by atoms with Gasteiger partial charge in [0.2, 0.25) is 5.09 Å². The van der Waals surface area contributed by atoms with Crippen LogP contribution in [0.4, 0.5) is 0 Å². The van der Waals surface area contributed by atoms with Crippen LogP contribution < -0.4 is 10.0 Å². The van der Waals surface area contributed by atoms with Crippen molar-refractivity contribution in [2.24, 2.45) is 7.05 Å². The molecule has 2 aromatic rings. The van der Waals surface area contributed by atoms with Crippen molar-refractivity contribution < 1.29 is 12.8 Å². The first-order valence-corrected chi connectivity index (χ1v) is 7.07. The maximum Gasteiger partial charge on any atom is 0.273 e. The Bertz CT molecular complexity index is 646. The summed E-state index contributed by atoms with van der Waals surface area (Å²) in [5.41, 5.74) is 0. The van der Waals surface area contributed by atoms with Crippen LogP contribution >= 0.6 is 0 Å². The van der Waals surface area contributed by atoms with Gasteiger partial charge in [0.1, 0.15) is 12.1 Å². The SMILES string of the molecule is CNS(=O)(=O)c1ccc(CNCc2ncn(C)n2)o1. The Balaban J connectivity index is 1.90. The zero-order valence-corrected chi connectivity index (χ0v) is 11.4. The highest BCUT2D eigenvalue weighted by Gasteiger charge is 2.16. The van der Waals surface area contributed by atoms with E-state index in [1.165, 1.54) is 13.1 Å². The molecule has 0 fully saturated rings. The van der Waals surface area contributed by atoms with Gasteiger partial charge in [-0.2, -0.15) is 5.10 Å². The molecular formula is C10H15N5O3S. The summed E-state index contributed by atoms with van der Waals surface area (Å²) in [7, 11) is -0.398. The second-order valence-electron chi connectivity index (χ2n) is 3.87. The summed E-state index contributed by atoms with van der Waals surface area (Å²) in [6.45, 7) is 0.882. The van der Waals surface area contributed by atoms with Crippen molar-refractivity contribution >= 4 is 10.0 Å². The molecule has 0 spiro atoms. The van der Waals surface area contributed by atoms with Crippen molar-refractivity contribution in [2.75, 3.05) is 7.05 Å². The van der Waals surface area contributed by atoms with Crippen LogP contribution in [0.25, 0.3) is 0 Å². The molecule has 0 aliphatic heterocycles. The van der Waals surface area contributed by atoms with E-state index in [0.717, 1.165) is 0 Å². The topological polar surface area (TPSA) is 102 Å². The normalized spacial score (nSPS) is 11.9. The van der Waals surface area contributed by atoms with Crippen molar-refractivity contribution in [1.82, 2.24) is 24.8 Å². The third-order valence-electron chi connectivity index (χ3n) is 2.40. The second kappa shape index (κ2) is 5.51. The summed E-state index contributed by atoms with van der Waals surface area (Å²) in [5.74, 6) is 1.20. The van der Waals surface area contributed by atoms with Crippen LogP contribution in [0.2, 0.25) is 0 Å². The van der Waals surface area contributed by atoms with E-state index in [4.69, 9.17) is 4.42 Å². The summed E-state index contributed by atoms with van der Waals surface area (Å²) >= 11 is 0. The standard InChI is InChI=1S/C10H15N5O3S/c1-11-19(16,17)10-4-3-8(18-10)5-12-6-9-13-7-15(2)14-9/h3-4,7,11-12H,5-6H2,1-2H3. The molecule has 0 aromatic carbocycles. The zero-order valence-electron chi connectivity index (χ0n) is 10.6. The molecule has 0 aliphatic carbocycles. The average Bonchev–Trinajstić information content (AvgIpc) is 2.99. The van der Waals surface area contributed by atoms with Gasteiger partial charge in [-0.1, -0.05) is 0 Å². The number of hydrogen-bond acceptors (Lipinski definition) is 6. The van der Waals surface area contributed by atoms with Gasteiger partial charge in [0.25, 0.3) is 10.0 Å². The van der Waals surface area contributed by atoms with E-state index >= 15 is 0 Å². The number of nitrogens with one attached hydrogen (secondary N) is 2. The predicted octanol–water partition coefficient (Wildman–Crippen LogP) is -0.394. The van der Waals surface area contributed by atoms with Gasteiger partial charge >= 0.3 is 0 Å². The van der Waals surface area contributed by atoms with Crippen molar-refractivity contribution in [3.63, 3.8) is 0 Å². The largest absolute Gasteiger partial charge is 0.447 e. The number of nitrogens with zero attached hydrogens (tertiary/aromatic N) is 3. The summed E-state index contributed by atoms with van der Waals surface area (Å²) in [4.78, 5) is 4.06. The Labute approximate surface area is 110 Å². The van der Waals surface area contributed by atoms with Crippen LogP contribution in [-0.2, 0) is 30.2 Å². The third kappa shape index (κ3) is 3.40. The van der Waals surface area contributed by atoms with Gasteiger partial charge in [-0.3, -0.25) is 4.68 Å². The quantitative estimate of drug-likeness (QED) is 0.749. The van der Waals surface area contributed by atoms with E-state index in [2.05, 4.69) is 20.1 Å².